The minimum atomic E-state index is -0.661. The van der Waals surface area contributed by atoms with Gasteiger partial charge in [0.1, 0.15) is 0 Å². The Bertz CT molecular complexity index is 915. The molecule has 3 heteroatoms. The molecule has 0 bridgehead atoms. The monoisotopic (exact) mass is 358 g/mol. The molecule has 0 unspecified atom stereocenters. The van der Waals surface area contributed by atoms with Gasteiger partial charge in [-0.25, -0.2) is 0 Å². The molecule has 0 N–H and O–H groups in total. The smallest absolute Gasteiger partial charge is 0.321 e. The summed E-state index contributed by atoms with van der Waals surface area (Å²) in [6, 6.07) is 17.0. The van der Waals surface area contributed by atoms with E-state index < -0.39 is 10.8 Å². The summed E-state index contributed by atoms with van der Waals surface area (Å²) in [5.41, 5.74) is 3.94. The summed E-state index contributed by atoms with van der Waals surface area (Å²) in [5.74, 6) is 0.382. The van der Waals surface area contributed by atoms with Crippen LogP contribution in [-0.2, 0) is 40.0 Å². The lowest BCUT2D eigenvalue weighted by molar-refractivity contribution is -0.155. The van der Waals surface area contributed by atoms with Crippen LogP contribution in [0.1, 0.15) is 35.1 Å². The third-order valence-electron chi connectivity index (χ3n) is 7.96. The van der Waals surface area contributed by atoms with Crippen molar-refractivity contribution in [3.63, 3.8) is 0 Å². The van der Waals surface area contributed by atoms with Crippen LogP contribution in [-0.4, -0.2) is 11.9 Å². The number of rotatable bonds is 0. The highest BCUT2D eigenvalue weighted by Gasteiger charge is 2.72. The molecule has 6 rings (SSSR count). The normalized spacial score (nSPS) is 36.0. The number of carbonyl (C=O) groups excluding carboxylic acids is 2. The van der Waals surface area contributed by atoms with Crippen molar-refractivity contribution in [1.82, 2.24) is 0 Å². The first-order valence-electron chi connectivity index (χ1n) is 10.0. The Morgan fingerprint density at radius 3 is 1.52 bits per heavy atom. The zero-order valence-electron chi connectivity index (χ0n) is 15.2. The Labute approximate surface area is 158 Å². The molecular weight excluding hydrogens is 336 g/mol. The summed E-state index contributed by atoms with van der Waals surface area (Å²) in [6.45, 7) is 0. The van der Waals surface area contributed by atoms with E-state index in [1.54, 1.807) is 0 Å². The summed E-state index contributed by atoms with van der Waals surface area (Å²) < 4.78 is 5.37. The fourth-order valence-corrected chi connectivity index (χ4v) is 6.63. The quantitative estimate of drug-likeness (QED) is 0.533. The van der Waals surface area contributed by atoms with E-state index in [0.717, 1.165) is 25.7 Å². The summed E-state index contributed by atoms with van der Waals surface area (Å²) >= 11 is 0. The van der Waals surface area contributed by atoms with Gasteiger partial charge in [0.2, 0.25) is 0 Å². The maximum absolute atomic E-state index is 13.1. The largest absolute Gasteiger partial charge is 0.392 e. The lowest BCUT2D eigenvalue weighted by Gasteiger charge is -2.54. The van der Waals surface area contributed by atoms with E-state index in [1.165, 1.54) is 22.3 Å². The van der Waals surface area contributed by atoms with Crippen LogP contribution in [0.3, 0.4) is 0 Å². The first kappa shape index (κ1) is 15.6. The zero-order valence-corrected chi connectivity index (χ0v) is 15.2. The van der Waals surface area contributed by atoms with Gasteiger partial charge in [-0.3, -0.25) is 9.59 Å². The van der Waals surface area contributed by atoms with Crippen molar-refractivity contribution >= 4 is 11.9 Å². The van der Waals surface area contributed by atoms with Gasteiger partial charge in [0.15, 0.2) is 0 Å². The van der Waals surface area contributed by atoms with Crippen molar-refractivity contribution in [2.45, 2.75) is 38.5 Å². The van der Waals surface area contributed by atoms with Gasteiger partial charge in [-0.2, -0.15) is 0 Å². The highest BCUT2D eigenvalue weighted by atomic mass is 16.6. The lowest BCUT2D eigenvalue weighted by atomic mass is 9.45. The van der Waals surface area contributed by atoms with Crippen molar-refractivity contribution in [3.05, 3.63) is 70.8 Å². The standard InChI is InChI=1S/C24H22O3/c25-21-23-11-17-7-3-4-8-18(17)12-24(23,22(26)27-21)14-20-10-16-6-2-1-5-15(16)9-19(20)13-23/h1-8,19-20H,9-14H2/t19-,20-,23+,24+/m0/s1. The van der Waals surface area contributed by atoms with Gasteiger partial charge in [-0.1, -0.05) is 48.5 Å². The molecule has 4 atom stereocenters. The Morgan fingerprint density at radius 1 is 0.667 bits per heavy atom. The molecule has 27 heavy (non-hydrogen) atoms. The van der Waals surface area contributed by atoms with E-state index in [4.69, 9.17) is 4.74 Å². The van der Waals surface area contributed by atoms with Gasteiger partial charge in [0.25, 0.3) is 0 Å². The topological polar surface area (TPSA) is 43.4 Å². The Hall–Kier alpha value is -2.42. The minimum absolute atomic E-state index is 0.265. The van der Waals surface area contributed by atoms with E-state index in [9.17, 15) is 9.59 Å². The SMILES string of the molecule is O=C1OC(=O)[C@]23Cc4ccccc4C[C@@]12C[C@@H]1Cc2ccccc2C[C@H]1C3. The highest BCUT2D eigenvalue weighted by Crippen LogP contribution is 2.65. The van der Waals surface area contributed by atoms with Crippen LogP contribution >= 0.6 is 0 Å². The van der Waals surface area contributed by atoms with Gasteiger partial charge in [0.05, 0.1) is 10.8 Å². The molecular formula is C24H22O3. The van der Waals surface area contributed by atoms with Crippen LogP contribution in [0.2, 0.25) is 0 Å². The number of hydrogen-bond donors (Lipinski definition) is 0. The second kappa shape index (κ2) is 5.09. The van der Waals surface area contributed by atoms with Gasteiger partial charge in [-0.15, -0.1) is 0 Å². The molecule has 0 amide bonds. The highest BCUT2D eigenvalue weighted by molar-refractivity contribution is 6.03. The summed E-state index contributed by atoms with van der Waals surface area (Å²) in [4.78, 5) is 26.1. The van der Waals surface area contributed by atoms with Crippen LogP contribution in [0, 0.1) is 22.7 Å². The van der Waals surface area contributed by atoms with Crippen LogP contribution in [0.5, 0.6) is 0 Å². The summed E-state index contributed by atoms with van der Waals surface area (Å²) in [6.07, 6.45) is 4.90. The molecule has 0 radical (unpaired) electrons. The zero-order chi connectivity index (χ0) is 18.2. The number of fused-ring (bicyclic) bond motifs is 3. The molecule has 3 aliphatic carbocycles. The fraction of sp³-hybridized carbons (Fsp3) is 0.417. The molecule has 0 aromatic heterocycles. The van der Waals surface area contributed by atoms with Crippen molar-refractivity contribution in [2.24, 2.45) is 22.7 Å². The van der Waals surface area contributed by atoms with Crippen molar-refractivity contribution in [2.75, 3.05) is 0 Å². The molecule has 0 spiro atoms. The predicted molar refractivity (Wildman–Crippen MR) is 99.9 cm³/mol. The number of hydrogen-bond acceptors (Lipinski definition) is 3. The lowest BCUT2D eigenvalue weighted by Crippen LogP contribution is -2.57. The molecule has 136 valence electrons. The second-order valence-electron chi connectivity index (χ2n) is 9.07. The molecule has 1 saturated heterocycles. The van der Waals surface area contributed by atoms with E-state index in [1.807, 2.05) is 12.1 Å². The van der Waals surface area contributed by atoms with Gasteiger partial charge >= 0.3 is 11.9 Å². The van der Waals surface area contributed by atoms with Crippen LogP contribution in [0.25, 0.3) is 0 Å². The predicted octanol–water partition coefficient (Wildman–Crippen LogP) is 3.67. The number of ether oxygens (including phenoxy) is 1. The van der Waals surface area contributed by atoms with Gasteiger partial charge in [-0.05, 0) is 72.6 Å². The average molecular weight is 358 g/mol. The molecule has 1 aliphatic heterocycles. The first-order valence-corrected chi connectivity index (χ1v) is 10.0. The maximum atomic E-state index is 13.1. The van der Waals surface area contributed by atoms with Crippen molar-refractivity contribution in [3.8, 4) is 0 Å². The summed E-state index contributed by atoms with van der Waals surface area (Å²) in [7, 11) is 0. The van der Waals surface area contributed by atoms with Crippen molar-refractivity contribution < 1.29 is 14.3 Å². The maximum Gasteiger partial charge on any atom is 0.321 e. The van der Waals surface area contributed by atoms with Crippen LogP contribution in [0.15, 0.2) is 48.5 Å². The van der Waals surface area contributed by atoms with Crippen LogP contribution < -0.4 is 0 Å². The van der Waals surface area contributed by atoms with Crippen LogP contribution in [0.4, 0.5) is 0 Å². The molecule has 2 aromatic carbocycles. The number of cyclic esters (lactones) is 2. The number of esters is 2. The number of benzene rings is 2. The molecule has 2 aromatic rings. The van der Waals surface area contributed by atoms with E-state index in [2.05, 4.69) is 36.4 Å². The molecule has 1 heterocycles. The Kier molecular flexibility index (Phi) is 2.95. The molecule has 3 nitrogen and oxygen atoms in total. The van der Waals surface area contributed by atoms with E-state index in [-0.39, 0.29) is 11.9 Å². The third kappa shape index (κ3) is 1.87. The third-order valence-corrected chi connectivity index (χ3v) is 7.96. The molecule has 1 saturated carbocycles. The van der Waals surface area contributed by atoms with E-state index >= 15 is 0 Å². The Balaban J connectivity index is 1.49. The van der Waals surface area contributed by atoms with Crippen molar-refractivity contribution in [1.29, 1.82) is 0 Å². The Morgan fingerprint density at radius 2 is 1.07 bits per heavy atom. The minimum Gasteiger partial charge on any atom is -0.392 e. The van der Waals surface area contributed by atoms with Gasteiger partial charge < -0.3 is 4.74 Å². The van der Waals surface area contributed by atoms with Gasteiger partial charge in [0, 0.05) is 0 Å². The average Bonchev–Trinajstić information content (AvgIpc) is 2.88. The fourth-order valence-electron chi connectivity index (χ4n) is 6.63. The second-order valence-corrected chi connectivity index (χ2v) is 9.07. The molecule has 2 fully saturated rings. The first-order chi connectivity index (χ1) is 13.1. The molecule has 4 aliphatic rings. The summed E-state index contributed by atoms with van der Waals surface area (Å²) in [5, 5.41) is 0. The number of carbonyl (C=O) groups is 2. The van der Waals surface area contributed by atoms with E-state index in [0.29, 0.717) is 24.7 Å².